The van der Waals surface area contributed by atoms with Crippen LogP contribution in [0.15, 0.2) is 66.7 Å². The van der Waals surface area contributed by atoms with Gasteiger partial charge in [-0.2, -0.15) is 0 Å². The van der Waals surface area contributed by atoms with Gasteiger partial charge in [0.05, 0.1) is 5.56 Å². The number of rotatable bonds is 3. The van der Waals surface area contributed by atoms with Gasteiger partial charge in [0, 0.05) is 16.5 Å². The molecule has 0 aromatic heterocycles. The van der Waals surface area contributed by atoms with Crippen LogP contribution in [0.3, 0.4) is 0 Å². The Morgan fingerprint density at radius 1 is 1.00 bits per heavy atom. The van der Waals surface area contributed by atoms with E-state index in [1.165, 1.54) is 5.56 Å². The van der Waals surface area contributed by atoms with Crippen LogP contribution in [-0.2, 0) is 16.8 Å². The molecule has 160 valence electrons. The lowest BCUT2D eigenvalue weighted by Crippen LogP contribution is -2.30. The number of aromatic hydroxyl groups is 1. The first-order valence-electron chi connectivity index (χ1n) is 11.5. The summed E-state index contributed by atoms with van der Waals surface area (Å²) in [4.78, 5) is 13.5. The lowest BCUT2D eigenvalue weighted by atomic mass is 9.80. The largest absolute Gasteiger partial charge is 0.507 e. The van der Waals surface area contributed by atoms with Crippen LogP contribution < -0.4 is 0 Å². The molecule has 0 aliphatic heterocycles. The van der Waals surface area contributed by atoms with Crippen molar-refractivity contribution in [3.63, 3.8) is 0 Å². The molecule has 1 N–H and O–H groups in total. The van der Waals surface area contributed by atoms with E-state index in [9.17, 15) is 9.90 Å². The third kappa shape index (κ3) is 2.63. The Morgan fingerprint density at radius 3 is 2.66 bits per heavy atom. The number of aryl methyl sites for hydroxylation is 1. The van der Waals surface area contributed by atoms with E-state index in [0.717, 1.165) is 51.9 Å². The van der Waals surface area contributed by atoms with Crippen molar-refractivity contribution in [1.29, 1.82) is 0 Å². The maximum absolute atomic E-state index is 13.5. The Hall–Kier alpha value is -3.33. The number of phenolic OH excluding ortho intramolecular Hbond substituents is 1. The highest BCUT2D eigenvalue weighted by Gasteiger charge is 2.56. The summed E-state index contributed by atoms with van der Waals surface area (Å²) in [6.45, 7) is 4.33. The maximum atomic E-state index is 13.5. The van der Waals surface area contributed by atoms with Gasteiger partial charge in [-0.15, -0.1) is 0 Å². The summed E-state index contributed by atoms with van der Waals surface area (Å²) in [5, 5.41) is 15.1. The molecular weight excluding hydrogens is 396 g/mol. The first kappa shape index (κ1) is 19.4. The van der Waals surface area contributed by atoms with Gasteiger partial charge >= 0.3 is 5.97 Å². The van der Waals surface area contributed by atoms with E-state index < -0.39 is 5.60 Å². The Labute approximate surface area is 187 Å². The first-order chi connectivity index (χ1) is 15.5. The van der Waals surface area contributed by atoms with Crippen molar-refractivity contribution >= 4 is 27.5 Å². The smallest absolute Gasteiger partial charge is 0.339 e. The predicted octanol–water partition coefficient (Wildman–Crippen LogP) is 6.84. The molecule has 4 aromatic rings. The van der Waals surface area contributed by atoms with Gasteiger partial charge < -0.3 is 9.84 Å². The lowest BCUT2D eigenvalue weighted by molar-refractivity contribution is -0.0177. The quantitative estimate of drug-likeness (QED) is 0.368. The second kappa shape index (κ2) is 6.83. The molecule has 6 rings (SSSR count). The number of hydrogen-bond donors (Lipinski definition) is 1. The average molecular weight is 423 g/mol. The third-order valence-electron chi connectivity index (χ3n) is 7.67. The minimum absolute atomic E-state index is 0.209. The Balaban J connectivity index is 1.48. The van der Waals surface area contributed by atoms with Gasteiger partial charge in [0.25, 0.3) is 0 Å². The van der Waals surface area contributed by atoms with Crippen LogP contribution in [0, 0.1) is 5.92 Å². The van der Waals surface area contributed by atoms with Crippen molar-refractivity contribution in [2.24, 2.45) is 5.92 Å². The SMILES string of the molecule is CCc1ccc2c(O)c3c(cc2c1)C1(OC(=O)c2cccc4ccccc24)CC(C)C3C1. The van der Waals surface area contributed by atoms with E-state index in [0.29, 0.717) is 17.2 Å². The maximum Gasteiger partial charge on any atom is 0.339 e. The Bertz CT molecular complexity index is 1400. The number of benzene rings is 4. The molecule has 2 aliphatic carbocycles. The molecule has 3 heteroatoms. The minimum atomic E-state index is -0.679. The zero-order valence-corrected chi connectivity index (χ0v) is 18.4. The lowest BCUT2D eigenvalue weighted by Gasteiger charge is -2.32. The van der Waals surface area contributed by atoms with Gasteiger partial charge in [0.15, 0.2) is 0 Å². The van der Waals surface area contributed by atoms with Gasteiger partial charge in [0.2, 0.25) is 0 Å². The fourth-order valence-corrected chi connectivity index (χ4v) is 6.11. The molecule has 0 amide bonds. The molecule has 0 spiro atoms. The van der Waals surface area contributed by atoms with E-state index in [2.05, 4.69) is 32.0 Å². The molecule has 3 unspecified atom stereocenters. The van der Waals surface area contributed by atoms with Crippen LogP contribution >= 0.6 is 0 Å². The number of esters is 1. The van der Waals surface area contributed by atoms with Gasteiger partial charge in [-0.3, -0.25) is 0 Å². The van der Waals surface area contributed by atoms with E-state index in [1.54, 1.807) is 0 Å². The summed E-state index contributed by atoms with van der Waals surface area (Å²) in [5.41, 5.74) is 3.12. The van der Waals surface area contributed by atoms with E-state index >= 15 is 0 Å². The Morgan fingerprint density at radius 2 is 1.81 bits per heavy atom. The minimum Gasteiger partial charge on any atom is -0.507 e. The molecule has 32 heavy (non-hydrogen) atoms. The van der Waals surface area contributed by atoms with Crippen LogP contribution in [0.1, 0.15) is 59.7 Å². The highest BCUT2D eigenvalue weighted by atomic mass is 16.6. The van der Waals surface area contributed by atoms with Crippen molar-refractivity contribution in [1.82, 2.24) is 0 Å². The van der Waals surface area contributed by atoms with Gasteiger partial charge in [-0.05, 0) is 65.0 Å². The van der Waals surface area contributed by atoms with Crippen LogP contribution in [0.5, 0.6) is 5.75 Å². The molecule has 3 nitrogen and oxygen atoms in total. The fraction of sp³-hybridized carbons (Fsp3) is 0.276. The molecule has 0 heterocycles. The molecule has 2 aliphatic rings. The van der Waals surface area contributed by atoms with Crippen LogP contribution in [0.25, 0.3) is 21.5 Å². The zero-order chi connectivity index (χ0) is 22.0. The number of carbonyl (C=O) groups excluding carboxylic acids is 1. The number of ether oxygens (including phenoxy) is 1. The highest BCUT2D eigenvalue weighted by molar-refractivity contribution is 6.04. The molecule has 4 aromatic carbocycles. The van der Waals surface area contributed by atoms with Crippen LogP contribution in [0.2, 0.25) is 0 Å². The summed E-state index contributed by atoms with van der Waals surface area (Å²) in [6.07, 6.45) is 2.47. The van der Waals surface area contributed by atoms with Crippen molar-refractivity contribution in [2.45, 2.75) is 44.6 Å². The van der Waals surface area contributed by atoms with Gasteiger partial charge in [-0.1, -0.05) is 68.4 Å². The van der Waals surface area contributed by atoms with Crippen molar-refractivity contribution < 1.29 is 14.6 Å². The molecule has 0 saturated heterocycles. The average Bonchev–Trinajstić information content (AvgIpc) is 3.30. The summed E-state index contributed by atoms with van der Waals surface area (Å²) in [5.74, 6) is 0.630. The standard InChI is InChI=1S/C29H26O3/c1-3-18-11-12-22-20(13-18)14-25-26(27(22)30)24-16-29(25,15-17(24)2)32-28(31)23-10-6-8-19-7-4-5-9-21(19)23/h4-14,17,24,30H,3,15-16H2,1-2H3. The van der Waals surface area contributed by atoms with Crippen molar-refractivity contribution in [3.05, 3.63) is 89.0 Å². The summed E-state index contributed by atoms with van der Waals surface area (Å²) in [7, 11) is 0. The van der Waals surface area contributed by atoms with E-state index in [1.807, 2.05) is 48.5 Å². The second-order valence-corrected chi connectivity index (χ2v) is 9.50. The molecule has 0 radical (unpaired) electrons. The fourth-order valence-electron chi connectivity index (χ4n) is 6.11. The van der Waals surface area contributed by atoms with Crippen molar-refractivity contribution in [3.8, 4) is 5.75 Å². The number of hydrogen-bond acceptors (Lipinski definition) is 3. The van der Waals surface area contributed by atoms with E-state index in [4.69, 9.17) is 4.74 Å². The van der Waals surface area contributed by atoms with Crippen LogP contribution in [0.4, 0.5) is 0 Å². The normalized spacial score (nSPS) is 23.6. The second-order valence-electron chi connectivity index (χ2n) is 9.50. The molecule has 2 bridgehead atoms. The molecule has 1 fully saturated rings. The zero-order valence-electron chi connectivity index (χ0n) is 18.4. The molecule has 1 saturated carbocycles. The Kier molecular flexibility index (Phi) is 4.13. The summed E-state index contributed by atoms with van der Waals surface area (Å²) < 4.78 is 6.39. The summed E-state index contributed by atoms with van der Waals surface area (Å²) in [6, 6.07) is 22.1. The van der Waals surface area contributed by atoms with Crippen LogP contribution in [-0.4, -0.2) is 11.1 Å². The molecule has 3 atom stereocenters. The monoisotopic (exact) mass is 422 g/mol. The topological polar surface area (TPSA) is 46.5 Å². The number of phenols is 1. The van der Waals surface area contributed by atoms with Gasteiger partial charge in [0.1, 0.15) is 11.4 Å². The van der Waals surface area contributed by atoms with E-state index in [-0.39, 0.29) is 11.9 Å². The summed E-state index contributed by atoms with van der Waals surface area (Å²) >= 11 is 0. The number of carbonyl (C=O) groups is 1. The predicted molar refractivity (Wildman–Crippen MR) is 127 cm³/mol. The van der Waals surface area contributed by atoms with Gasteiger partial charge in [-0.25, -0.2) is 4.79 Å². The van der Waals surface area contributed by atoms with Crippen molar-refractivity contribution in [2.75, 3.05) is 0 Å². The highest BCUT2D eigenvalue weighted by Crippen LogP contribution is 2.63. The molecular formula is C29H26O3. The third-order valence-corrected chi connectivity index (χ3v) is 7.67. The number of fused-ring (bicyclic) bond motifs is 7. The first-order valence-corrected chi connectivity index (χ1v) is 11.5.